The third-order valence-electron chi connectivity index (χ3n) is 8.81. The number of nitrogens with one attached hydrogen (secondary N) is 1. The van der Waals surface area contributed by atoms with Crippen LogP contribution in [-0.2, 0) is 24.4 Å². The third-order valence-corrected chi connectivity index (χ3v) is 8.81. The van der Waals surface area contributed by atoms with Gasteiger partial charge in [-0.2, -0.15) is 0 Å². The van der Waals surface area contributed by atoms with E-state index in [1.54, 1.807) is 24.3 Å². The number of carbonyl (C=O) groups is 1. The lowest BCUT2D eigenvalue weighted by Gasteiger charge is -2.29. The maximum Gasteiger partial charge on any atom is 0.135 e. The molecule has 3 aliphatic rings. The van der Waals surface area contributed by atoms with Gasteiger partial charge in [0.15, 0.2) is 0 Å². The predicted octanol–water partition coefficient (Wildman–Crippen LogP) is 5.93. The molecular formula is C39H56F2N6O. The van der Waals surface area contributed by atoms with Crippen LogP contribution in [0.2, 0.25) is 0 Å². The number of likely N-dealkylation sites (tertiary alicyclic amines) is 3. The van der Waals surface area contributed by atoms with E-state index >= 15 is 0 Å². The van der Waals surface area contributed by atoms with E-state index in [1.165, 1.54) is 61.5 Å². The van der Waals surface area contributed by atoms with Gasteiger partial charge in [0.05, 0.1) is 6.54 Å². The monoisotopic (exact) mass is 662 g/mol. The number of nitrogens with zero attached hydrogens (tertiary/aromatic N) is 4. The summed E-state index contributed by atoms with van der Waals surface area (Å²) in [5.74, 6) is 0.0194. The number of Topliss-reactive ketones (excluding diaryl/α,β-unsaturated/α-hetero) is 1. The highest BCUT2D eigenvalue weighted by Gasteiger charge is 2.15. The SMILES string of the molecule is CN1CCC(=NCc2ccc(F)cc2)CC1.CN1CCC(=O)CC1.CN1CCC(NCc2ccccc2)CC1.NCc1ccc(F)cc1. The third kappa shape index (κ3) is 16.7. The summed E-state index contributed by atoms with van der Waals surface area (Å²) in [5, 5.41) is 3.63. The molecule has 3 saturated heterocycles. The molecule has 3 fully saturated rings. The van der Waals surface area contributed by atoms with E-state index < -0.39 is 0 Å². The van der Waals surface area contributed by atoms with Gasteiger partial charge in [0.1, 0.15) is 17.4 Å². The molecule has 3 heterocycles. The Morgan fingerprint density at radius 1 is 0.667 bits per heavy atom. The molecule has 0 aliphatic carbocycles. The van der Waals surface area contributed by atoms with Gasteiger partial charge in [-0.1, -0.05) is 54.6 Å². The van der Waals surface area contributed by atoms with Crippen molar-refractivity contribution in [3.05, 3.63) is 107 Å². The maximum absolute atomic E-state index is 12.7. The number of benzene rings is 3. The van der Waals surface area contributed by atoms with Gasteiger partial charge < -0.3 is 25.8 Å². The van der Waals surface area contributed by atoms with E-state index in [-0.39, 0.29) is 11.6 Å². The van der Waals surface area contributed by atoms with Gasteiger partial charge in [0, 0.05) is 63.9 Å². The molecule has 0 bridgehead atoms. The zero-order valence-corrected chi connectivity index (χ0v) is 29.2. The van der Waals surface area contributed by atoms with E-state index in [4.69, 9.17) is 5.73 Å². The second-order valence-corrected chi connectivity index (χ2v) is 12.9. The van der Waals surface area contributed by atoms with Crippen LogP contribution in [0.1, 0.15) is 55.2 Å². The van der Waals surface area contributed by atoms with Crippen molar-refractivity contribution in [2.75, 3.05) is 60.4 Å². The first-order valence-electron chi connectivity index (χ1n) is 17.3. The molecule has 262 valence electrons. The summed E-state index contributed by atoms with van der Waals surface area (Å²) in [7, 11) is 6.39. The highest BCUT2D eigenvalue weighted by atomic mass is 19.1. The smallest absolute Gasteiger partial charge is 0.135 e. The second-order valence-electron chi connectivity index (χ2n) is 12.9. The van der Waals surface area contributed by atoms with Crippen LogP contribution in [0.5, 0.6) is 0 Å². The predicted molar refractivity (Wildman–Crippen MR) is 194 cm³/mol. The fraction of sp³-hybridized carbons (Fsp3) is 0.487. The number of rotatable bonds is 6. The summed E-state index contributed by atoms with van der Waals surface area (Å²) >= 11 is 0. The Kier molecular flexibility index (Phi) is 18.2. The molecule has 9 heteroatoms. The van der Waals surface area contributed by atoms with Gasteiger partial charge >= 0.3 is 0 Å². The molecule has 7 nitrogen and oxygen atoms in total. The number of piperidine rings is 3. The first-order chi connectivity index (χ1) is 23.2. The zero-order chi connectivity index (χ0) is 34.6. The summed E-state index contributed by atoms with van der Waals surface area (Å²) in [5.41, 5.74) is 9.99. The van der Waals surface area contributed by atoms with Crippen LogP contribution in [-0.4, -0.2) is 92.6 Å². The van der Waals surface area contributed by atoms with Crippen molar-refractivity contribution in [3.8, 4) is 0 Å². The van der Waals surface area contributed by atoms with Crippen LogP contribution in [0.15, 0.2) is 83.9 Å². The molecule has 48 heavy (non-hydrogen) atoms. The van der Waals surface area contributed by atoms with Crippen molar-refractivity contribution in [1.82, 2.24) is 20.0 Å². The number of hydrogen-bond acceptors (Lipinski definition) is 7. The van der Waals surface area contributed by atoms with Crippen molar-refractivity contribution in [2.45, 2.75) is 64.2 Å². The lowest BCUT2D eigenvalue weighted by Crippen LogP contribution is -2.40. The molecular weight excluding hydrogens is 606 g/mol. The molecule has 3 N–H and O–H groups in total. The number of carbonyl (C=O) groups excluding carboxylic acids is 1. The average Bonchev–Trinajstić information content (AvgIpc) is 3.11. The molecule has 0 saturated carbocycles. The van der Waals surface area contributed by atoms with Crippen molar-refractivity contribution >= 4 is 11.5 Å². The van der Waals surface area contributed by atoms with Gasteiger partial charge in [-0.15, -0.1) is 0 Å². The molecule has 0 atom stereocenters. The van der Waals surface area contributed by atoms with E-state index in [2.05, 4.69) is 69.4 Å². The maximum atomic E-state index is 12.7. The van der Waals surface area contributed by atoms with E-state index in [0.717, 1.165) is 69.5 Å². The highest BCUT2D eigenvalue weighted by Crippen LogP contribution is 2.10. The minimum Gasteiger partial charge on any atom is -0.326 e. The first-order valence-corrected chi connectivity index (χ1v) is 17.3. The van der Waals surface area contributed by atoms with Crippen LogP contribution in [0.25, 0.3) is 0 Å². The van der Waals surface area contributed by atoms with Crippen LogP contribution < -0.4 is 11.1 Å². The number of aliphatic imine (C=N–C) groups is 1. The number of halogens is 2. The number of nitrogens with two attached hydrogens (primary N) is 1. The molecule has 3 aromatic carbocycles. The van der Waals surface area contributed by atoms with Crippen LogP contribution in [0, 0.1) is 11.6 Å². The van der Waals surface area contributed by atoms with Gasteiger partial charge in [-0.3, -0.25) is 9.79 Å². The topological polar surface area (TPSA) is 77.2 Å². The number of ketones is 1. The fourth-order valence-corrected chi connectivity index (χ4v) is 5.39. The quantitative estimate of drug-likeness (QED) is 0.341. The largest absolute Gasteiger partial charge is 0.326 e. The summed E-state index contributed by atoms with van der Waals surface area (Å²) < 4.78 is 24.9. The first kappa shape index (κ1) is 39.1. The zero-order valence-electron chi connectivity index (χ0n) is 29.2. The van der Waals surface area contributed by atoms with Crippen LogP contribution >= 0.6 is 0 Å². The Labute approximate surface area is 287 Å². The van der Waals surface area contributed by atoms with Crippen molar-refractivity contribution in [2.24, 2.45) is 10.7 Å². The van der Waals surface area contributed by atoms with Gasteiger partial charge in [0.25, 0.3) is 0 Å². The summed E-state index contributed by atoms with van der Waals surface area (Å²) in [4.78, 5) is 22.1. The average molecular weight is 663 g/mol. The molecule has 0 unspecified atom stereocenters. The minimum atomic E-state index is -0.216. The molecule has 0 aromatic heterocycles. The Balaban J connectivity index is 0.000000181. The van der Waals surface area contributed by atoms with E-state index in [1.807, 2.05) is 7.05 Å². The Morgan fingerprint density at radius 2 is 1.15 bits per heavy atom. The standard InChI is InChI=1S/C13H17FN2.C13H20N2.C7H8FN.C6H11NO/c1-16-8-6-13(7-9-16)15-10-11-2-4-12(14)5-3-11;1-15-9-7-13(8-10-15)14-11-12-5-3-2-4-6-12;8-7-3-1-6(5-9)2-4-7;1-7-4-2-6(8)3-5-7/h2-5H,6-10H2,1H3;2-6,13-14H,7-11H2,1H3;1-4H,5,9H2;2-5H2,1H3. The summed E-state index contributed by atoms with van der Waals surface area (Å²) in [6.07, 6.45) is 6.22. The summed E-state index contributed by atoms with van der Waals surface area (Å²) in [6.45, 7) is 8.73. The number of hydrogen-bond donors (Lipinski definition) is 2. The molecule has 0 spiro atoms. The van der Waals surface area contributed by atoms with Crippen LogP contribution in [0.3, 0.4) is 0 Å². The van der Waals surface area contributed by atoms with E-state index in [0.29, 0.717) is 24.9 Å². The highest BCUT2D eigenvalue weighted by molar-refractivity contribution is 5.85. The normalized spacial score (nSPS) is 17.6. The lowest BCUT2D eigenvalue weighted by atomic mass is 10.1. The van der Waals surface area contributed by atoms with Crippen molar-refractivity contribution in [3.63, 3.8) is 0 Å². The van der Waals surface area contributed by atoms with E-state index in [9.17, 15) is 13.6 Å². The Morgan fingerprint density at radius 3 is 1.65 bits per heavy atom. The van der Waals surface area contributed by atoms with Gasteiger partial charge in [-0.25, -0.2) is 8.78 Å². The van der Waals surface area contributed by atoms with Crippen molar-refractivity contribution in [1.29, 1.82) is 0 Å². The second kappa shape index (κ2) is 22.3. The molecule has 3 aromatic rings. The van der Waals surface area contributed by atoms with Gasteiger partial charge in [-0.05, 0) is 101 Å². The fourth-order valence-electron chi connectivity index (χ4n) is 5.39. The van der Waals surface area contributed by atoms with Crippen LogP contribution in [0.4, 0.5) is 8.78 Å². The molecule has 3 aliphatic heterocycles. The summed E-state index contributed by atoms with van der Waals surface area (Å²) in [6, 6.07) is 24.1. The Hall–Kier alpha value is -3.34. The van der Waals surface area contributed by atoms with Crippen molar-refractivity contribution < 1.29 is 13.6 Å². The Bertz CT molecular complexity index is 1310. The molecule has 0 amide bonds. The lowest BCUT2D eigenvalue weighted by molar-refractivity contribution is -0.121. The molecule has 0 radical (unpaired) electrons. The van der Waals surface area contributed by atoms with Gasteiger partial charge in [0.2, 0.25) is 0 Å². The minimum absolute atomic E-state index is 0.185. The molecule has 6 rings (SSSR count).